The van der Waals surface area contributed by atoms with Crippen molar-refractivity contribution in [1.82, 2.24) is 10.3 Å². The number of benzene rings is 2. The molecule has 0 saturated heterocycles. The molecule has 0 spiro atoms. The summed E-state index contributed by atoms with van der Waals surface area (Å²) in [6, 6.07) is 9.28. The Kier molecular flexibility index (Phi) is 5.66. The number of carbonyl (C=O) groups is 1. The summed E-state index contributed by atoms with van der Waals surface area (Å²) in [5.41, 5.74) is 4.20. The van der Waals surface area contributed by atoms with Gasteiger partial charge in [0.25, 0.3) is 15.9 Å². The average molecular weight is 364 g/mol. The first-order valence-electron chi connectivity index (χ1n) is 7.39. The van der Waals surface area contributed by atoms with Gasteiger partial charge in [0, 0.05) is 11.6 Å². The molecule has 0 aromatic heterocycles. The third-order valence-electron chi connectivity index (χ3n) is 3.70. The quantitative estimate of drug-likeness (QED) is 0.764. The Morgan fingerprint density at radius 3 is 2.04 bits per heavy atom. The summed E-state index contributed by atoms with van der Waals surface area (Å²) in [6.45, 7) is 3.70. The molecule has 134 valence electrons. The van der Waals surface area contributed by atoms with Gasteiger partial charge in [-0.3, -0.25) is 10.2 Å². The highest BCUT2D eigenvalue weighted by Gasteiger charge is 2.17. The number of methoxy groups -OCH3 is 2. The third kappa shape index (κ3) is 4.49. The number of ether oxygens (including phenoxy) is 2. The zero-order valence-electron chi connectivity index (χ0n) is 14.4. The average Bonchev–Trinajstić information content (AvgIpc) is 2.61. The topological polar surface area (TPSA) is 93.7 Å². The zero-order chi connectivity index (χ0) is 18.6. The van der Waals surface area contributed by atoms with E-state index < -0.39 is 15.9 Å². The number of carbonyl (C=O) groups excluding carboxylic acids is 1. The summed E-state index contributed by atoms with van der Waals surface area (Å²) in [5.74, 6) is 0.202. The van der Waals surface area contributed by atoms with E-state index in [0.29, 0.717) is 11.5 Å². The first-order valence-corrected chi connectivity index (χ1v) is 8.87. The molecule has 0 fully saturated rings. The fraction of sp³-hybridized carbons (Fsp3) is 0.235. The van der Waals surface area contributed by atoms with Crippen LogP contribution in [0.5, 0.6) is 11.5 Å². The molecule has 0 aliphatic carbocycles. The number of hydrogen-bond acceptors (Lipinski definition) is 5. The van der Waals surface area contributed by atoms with Gasteiger partial charge in [0.05, 0.1) is 19.1 Å². The second-order valence-electron chi connectivity index (χ2n) is 5.41. The maximum atomic E-state index is 12.3. The molecule has 0 atom stereocenters. The lowest BCUT2D eigenvalue weighted by molar-refractivity contribution is 0.0944. The van der Waals surface area contributed by atoms with Gasteiger partial charge in [-0.05, 0) is 49.2 Å². The van der Waals surface area contributed by atoms with Crippen LogP contribution in [0.15, 0.2) is 41.3 Å². The molecule has 25 heavy (non-hydrogen) atoms. The Bertz CT molecular complexity index is 872. The lowest BCUT2D eigenvalue weighted by Gasteiger charge is -2.11. The van der Waals surface area contributed by atoms with Gasteiger partial charge >= 0.3 is 0 Å². The normalized spacial score (nSPS) is 11.0. The summed E-state index contributed by atoms with van der Waals surface area (Å²) in [5, 5.41) is 0. The summed E-state index contributed by atoms with van der Waals surface area (Å²) in [7, 11) is -0.964. The molecule has 0 bridgehead atoms. The Balaban J connectivity index is 2.17. The minimum atomic E-state index is -3.88. The van der Waals surface area contributed by atoms with E-state index in [9.17, 15) is 13.2 Å². The monoisotopic (exact) mass is 364 g/mol. The summed E-state index contributed by atoms with van der Waals surface area (Å²) in [4.78, 5) is 14.4. The van der Waals surface area contributed by atoms with Crippen molar-refractivity contribution in [1.29, 1.82) is 0 Å². The minimum absolute atomic E-state index is 0.0686. The van der Waals surface area contributed by atoms with E-state index in [1.165, 1.54) is 32.4 Å². The van der Waals surface area contributed by atoms with Crippen LogP contribution in [-0.2, 0) is 10.0 Å². The number of rotatable bonds is 6. The van der Waals surface area contributed by atoms with Crippen molar-refractivity contribution in [3.8, 4) is 11.5 Å². The van der Waals surface area contributed by atoms with Crippen LogP contribution in [0.2, 0.25) is 0 Å². The highest BCUT2D eigenvalue weighted by molar-refractivity contribution is 7.89. The third-order valence-corrected chi connectivity index (χ3v) is 4.95. The smallest absolute Gasteiger partial charge is 0.266 e. The van der Waals surface area contributed by atoms with Crippen LogP contribution in [-0.4, -0.2) is 28.5 Å². The lowest BCUT2D eigenvalue weighted by Crippen LogP contribution is -2.41. The van der Waals surface area contributed by atoms with E-state index in [1.807, 2.05) is 13.8 Å². The second kappa shape index (κ2) is 7.54. The van der Waals surface area contributed by atoms with Crippen LogP contribution >= 0.6 is 0 Å². The molecule has 2 aromatic carbocycles. The molecule has 2 rings (SSSR count). The van der Waals surface area contributed by atoms with Gasteiger partial charge in [-0.25, -0.2) is 8.42 Å². The Morgan fingerprint density at radius 2 is 1.52 bits per heavy atom. The largest absolute Gasteiger partial charge is 0.497 e. The highest BCUT2D eigenvalue weighted by atomic mass is 32.2. The Hall–Kier alpha value is -2.58. The maximum absolute atomic E-state index is 12.3. The molecule has 2 N–H and O–H groups in total. The molecule has 7 nitrogen and oxygen atoms in total. The molecule has 0 heterocycles. The molecular formula is C17H20N2O5S. The standard InChI is InChI=1S/C17H20N2O5S/c1-11-5-6-16(7-12(11)2)25(21,22)19-18-17(20)13-8-14(23-3)10-15(9-13)24-4/h5-10,19H,1-4H3,(H,18,20). The SMILES string of the molecule is COc1cc(OC)cc(C(=O)NNS(=O)(=O)c2ccc(C)c(C)c2)c1. The van der Waals surface area contributed by atoms with Gasteiger partial charge < -0.3 is 9.47 Å². The second-order valence-corrected chi connectivity index (χ2v) is 7.09. The van der Waals surface area contributed by atoms with Crippen molar-refractivity contribution in [3.05, 3.63) is 53.1 Å². The Morgan fingerprint density at radius 1 is 0.920 bits per heavy atom. The van der Waals surface area contributed by atoms with E-state index in [0.717, 1.165) is 11.1 Å². The van der Waals surface area contributed by atoms with Crippen LogP contribution < -0.4 is 19.7 Å². The van der Waals surface area contributed by atoms with E-state index in [1.54, 1.807) is 18.2 Å². The van der Waals surface area contributed by atoms with E-state index in [4.69, 9.17) is 9.47 Å². The summed E-state index contributed by atoms with van der Waals surface area (Å²) >= 11 is 0. The van der Waals surface area contributed by atoms with E-state index >= 15 is 0 Å². The first-order chi connectivity index (χ1) is 11.8. The number of sulfonamides is 1. The van der Waals surface area contributed by atoms with Gasteiger partial charge in [-0.1, -0.05) is 6.07 Å². The lowest BCUT2D eigenvalue weighted by atomic mass is 10.1. The summed E-state index contributed by atoms with van der Waals surface area (Å²) in [6.07, 6.45) is 0. The van der Waals surface area contributed by atoms with Crippen molar-refractivity contribution in [2.75, 3.05) is 14.2 Å². The molecule has 0 aliphatic rings. The highest BCUT2D eigenvalue weighted by Crippen LogP contribution is 2.22. The minimum Gasteiger partial charge on any atom is -0.497 e. The molecule has 0 radical (unpaired) electrons. The van der Waals surface area contributed by atoms with Crippen molar-refractivity contribution in [2.45, 2.75) is 18.7 Å². The first kappa shape index (κ1) is 18.8. The molecule has 2 aromatic rings. The number of hydrogen-bond donors (Lipinski definition) is 2. The maximum Gasteiger partial charge on any atom is 0.266 e. The number of nitrogens with one attached hydrogen (secondary N) is 2. The molecule has 0 aliphatic heterocycles. The number of aryl methyl sites for hydroxylation is 2. The van der Waals surface area contributed by atoms with Gasteiger partial charge in [-0.2, -0.15) is 0 Å². The molecular weight excluding hydrogens is 344 g/mol. The number of hydrazine groups is 1. The van der Waals surface area contributed by atoms with Crippen molar-refractivity contribution in [3.63, 3.8) is 0 Å². The molecule has 1 amide bonds. The predicted octanol–water partition coefficient (Wildman–Crippen LogP) is 1.94. The van der Waals surface area contributed by atoms with Crippen LogP contribution in [0, 0.1) is 13.8 Å². The van der Waals surface area contributed by atoms with E-state index in [2.05, 4.69) is 10.3 Å². The van der Waals surface area contributed by atoms with Gasteiger partial charge in [-0.15, -0.1) is 4.83 Å². The Labute approximate surface area is 147 Å². The van der Waals surface area contributed by atoms with Crippen LogP contribution in [0.3, 0.4) is 0 Å². The van der Waals surface area contributed by atoms with Crippen LogP contribution in [0.4, 0.5) is 0 Å². The summed E-state index contributed by atoms with van der Waals surface area (Å²) < 4.78 is 34.8. The zero-order valence-corrected chi connectivity index (χ0v) is 15.2. The number of amides is 1. The van der Waals surface area contributed by atoms with Crippen LogP contribution in [0.25, 0.3) is 0 Å². The van der Waals surface area contributed by atoms with Gasteiger partial charge in [0.15, 0.2) is 0 Å². The molecule has 0 unspecified atom stereocenters. The molecule has 8 heteroatoms. The van der Waals surface area contributed by atoms with Gasteiger partial charge in [0.2, 0.25) is 0 Å². The fourth-order valence-electron chi connectivity index (χ4n) is 2.06. The molecule has 0 saturated carbocycles. The van der Waals surface area contributed by atoms with Crippen LogP contribution in [0.1, 0.15) is 21.5 Å². The van der Waals surface area contributed by atoms with E-state index in [-0.39, 0.29) is 10.5 Å². The van der Waals surface area contributed by atoms with Crippen molar-refractivity contribution in [2.24, 2.45) is 0 Å². The predicted molar refractivity (Wildman–Crippen MR) is 93.2 cm³/mol. The van der Waals surface area contributed by atoms with Crippen molar-refractivity contribution < 1.29 is 22.7 Å². The fourth-order valence-corrected chi connectivity index (χ4v) is 2.99. The van der Waals surface area contributed by atoms with Gasteiger partial charge in [0.1, 0.15) is 11.5 Å². The van der Waals surface area contributed by atoms with Crippen molar-refractivity contribution >= 4 is 15.9 Å².